The van der Waals surface area contributed by atoms with Crippen molar-refractivity contribution < 1.29 is 14.0 Å². The fraction of sp³-hybridized carbons (Fsp3) is 0.0476. The van der Waals surface area contributed by atoms with Crippen LogP contribution >= 0.6 is 0 Å². The van der Waals surface area contributed by atoms with Crippen molar-refractivity contribution in [2.24, 2.45) is 0 Å². The first-order valence-corrected chi connectivity index (χ1v) is 8.45. The van der Waals surface area contributed by atoms with Crippen molar-refractivity contribution in [2.75, 3.05) is 10.6 Å². The maximum Gasteiger partial charge on any atom is 0.255 e. The molecule has 1 aliphatic heterocycles. The van der Waals surface area contributed by atoms with Gasteiger partial charge in [-0.1, -0.05) is 24.3 Å². The average Bonchev–Trinajstić information content (AvgIpc) is 3.07. The number of anilines is 3. The molecule has 1 heterocycles. The van der Waals surface area contributed by atoms with Crippen LogP contribution in [0.5, 0.6) is 0 Å². The summed E-state index contributed by atoms with van der Waals surface area (Å²) in [5, 5.41) is 8.79. The SMILES string of the molecule is O=C(Nc1ccc(Nc2ccccc2)c2c1C(=O)NC2)c1cccc(F)c1. The Morgan fingerprint density at radius 3 is 2.52 bits per heavy atom. The van der Waals surface area contributed by atoms with Crippen molar-refractivity contribution in [3.05, 3.63) is 89.2 Å². The molecule has 3 aromatic carbocycles. The number of hydrogen-bond acceptors (Lipinski definition) is 3. The zero-order valence-corrected chi connectivity index (χ0v) is 14.3. The monoisotopic (exact) mass is 361 g/mol. The van der Waals surface area contributed by atoms with Crippen LogP contribution in [0.3, 0.4) is 0 Å². The minimum absolute atomic E-state index is 0.189. The lowest BCUT2D eigenvalue weighted by atomic mass is 10.0. The fourth-order valence-electron chi connectivity index (χ4n) is 3.07. The molecule has 0 saturated carbocycles. The Morgan fingerprint density at radius 1 is 0.963 bits per heavy atom. The van der Waals surface area contributed by atoms with Crippen molar-refractivity contribution in [2.45, 2.75) is 6.54 Å². The number of carbonyl (C=O) groups is 2. The second-order valence-electron chi connectivity index (χ2n) is 6.15. The van der Waals surface area contributed by atoms with E-state index in [0.29, 0.717) is 17.8 Å². The summed E-state index contributed by atoms with van der Waals surface area (Å²) < 4.78 is 13.4. The molecule has 2 amide bonds. The highest BCUT2D eigenvalue weighted by Crippen LogP contribution is 2.33. The van der Waals surface area contributed by atoms with Gasteiger partial charge in [0.1, 0.15) is 5.82 Å². The predicted octanol–water partition coefficient (Wildman–Crippen LogP) is 4.07. The highest BCUT2D eigenvalue weighted by Gasteiger charge is 2.26. The zero-order chi connectivity index (χ0) is 18.8. The summed E-state index contributed by atoms with van der Waals surface area (Å²) in [6, 6.07) is 18.5. The van der Waals surface area contributed by atoms with E-state index >= 15 is 0 Å². The van der Waals surface area contributed by atoms with E-state index in [2.05, 4.69) is 16.0 Å². The molecular weight excluding hydrogens is 345 g/mol. The summed E-state index contributed by atoms with van der Waals surface area (Å²) in [5.41, 5.74) is 3.47. The van der Waals surface area contributed by atoms with E-state index in [-0.39, 0.29) is 11.5 Å². The molecule has 0 radical (unpaired) electrons. The molecule has 0 aromatic heterocycles. The summed E-state index contributed by atoms with van der Waals surface area (Å²) >= 11 is 0. The molecule has 27 heavy (non-hydrogen) atoms. The fourth-order valence-corrected chi connectivity index (χ4v) is 3.07. The molecule has 1 aliphatic rings. The van der Waals surface area contributed by atoms with E-state index in [1.54, 1.807) is 6.07 Å². The molecule has 134 valence electrons. The van der Waals surface area contributed by atoms with Crippen molar-refractivity contribution in [3.63, 3.8) is 0 Å². The number of hydrogen-bond donors (Lipinski definition) is 3. The van der Waals surface area contributed by atoms with E-state index < -0.39 is 11.7 Å². The smallest absolute Gasteiger partial charge is 0.255 e. The molecule has 0 spiro atoms. The van der Waals surface area contributed by atoms with E-state index in [0.717, 1.165) is 23.0 Å². The third-order valence-corrected chi connectivity index (χ3v) is 4.35. The molecule has 0 aliphatic carbocycles. The molecule has 5 nitrogen and oxygen atoms in total. The number of fused-ring (bicyclic) bond motifs is 1. The van der Waals surface area contributed by atoms with Crippen LogP contribution in [0, 0.1) is 5.82 Å². The minimum Gasteiger partial charge on any atom is -0.355 e. The van der Waals surface area contributed by atoms with Crippen LogP contribution in [0.25, 0.3) is 0 Å². The Hall–Kier alpha value is -3.67. The Bertz CT molecular complexity index is 1030. The predicted molar refractivity (Wildman–Crippen MR) is 102 cm³/mol. The molecule has 0 atom stereocenters. The van der Waals surface area contributed by atoms with Crippen LogP contribution in [0.15, 0.2) is 66.7 Å². The van der Waals surface area contributed by atoms with Crippen molar-refractivity contribution >= 4 is 28.9 Å². The summed E-state index contributed by atoms with van der Waals surface area (Å²) in [6.45, 7) is 0.368. The Kier molecular flexibility index (Phi) is 4.30. The molecule has 4 rings (SSSR count). The lowest BCUT2D eigenvalue weighted by molar-refractivity contribution is 0.0966. The maximum atomic E-state index is 13.4. The minimum atomic E-state index is -0.493. The Morgan fingerprint density at radius 2 is 1.74 bits per heavy atom. The van der Waals surface area contributed by atoms with E-state index in [1.165, 1.54) is 18.2 Å². The molecule has 6 heteroatoms. The van der Waals surface area contributed by atoms with Crippen LogP contribution < -0.4 is 16.0 Å². The van der Waals surface area contributed by atoms with Gasteiger partial charge in [-0.3, -0.25) is 9.59 Å². The summed E-state index contributed by atoms with van der Waals surface area (Å²) in [7, 11) is 0. The summed E-state index contributed by atoms with van der Waals surface area (Å²) in [4.78, 5) is 24.7. The van der Waals surface area contributed by atoms with Gasteiger partial charge in [0.05, 0.1) is 11.3 Å². The third kappa shape index (κ3) is 3.37. The van der Waals surface area contributed by atoms with E-state index in [1.807, 2.05) is 36.4 Å². The van der Waals surface area contributed by atoms with Crippen LogP contribution in [-0.4, -0.2) is 11.8 Å². The lowest BCUT2D eigenvalue weighted by Gasteiger charge is -2.14. The number of nitrogens with one attached hydrogen (secondary N) is 3. The van der Waals surface area contributed by atoms with Crippen LogP contribution in [-0.2, 0) is 6.54 Å². The molecule has 0 unspecified atom stereocenters. The first-order valence-electron chi connectivity index (χ1n) is 8.45. The van der Waals surface area contributed by atoms with Gasteiger partial charge in [0, 0.05) is 29.0 Å². The maximum absolute atomic E-state index is 13.4. The van der Waals surface area contributed by atoms with Crippen molar-refractivity contribution in [1.29, 1.82) is 0 Å². The van der Waals surface area contributed by atoms with Crippen LogP contribution in [0.2, 0.25) is 0 Å². The van der Waals surface area contributed by atoms with Gasteiger partial charge in [-0.15, -0.1) is 0 Å². The third-order valence-electron chi connectivity index (χ3n) is 4.35. The second kappa shape index (κ2) is 6.92. The van der Waals surface area contributed by atoms with Gasteiger partial charge in [0.2, 0.25) is 0 Å². The summed E-state index contributed by atoms with van der Waals surface area (Å²) in [5.74, 6) is -1.22. The number of para-hydroxylation sites is 1. The number of carbonyl (C=O) groups excluding carboxylic acids is 2. The zero-order valence-electron chi connectivity index (χ0n) is 14.3. The van der Waals surface area contributed by atoms with Crippen molar-refractivity contribution in [1.82, 2.24) is 5.32 Å². The second-order valence-corrected chi connectivity index (χ2v) is 6.15. The highest BCUT2D eigenvalue weighted by atomic mass is 19.1. The molecule has 0 saturated heterocycles. The molecule has 0 bridgehead atoms. The van der Waals surface area contributed by atoms with Crippen molar-refractivity contribution in [3.8, 4) is 0 Å². The molecule has 3 aromatic rings. The van der Waals surface area contributed by atoms with Gasteiger partial charge >= 0.3 is 0 Å². The Labute approximate surface area is 155 Å². The van der Waals surface area contributed by atoms with Gasteiger partial charge < -0.3 is 16.0 Å². The number of halogens is 1. The molecule has 0 fully saturated rings. The van der Waals surface area contributed by atoms with Crippen LogP contribution in [0.4, 0.5) is 21.5 Å². The lowest BCUT2D eigenvalue weighted by Crippen LogP contribution is -2.17. The average molecular weight is 361 g/mol. The molecular formula is C21H16FN3O2. The normalized spacial score (nSPS) is 12.3. The van der Waals surface area contributed by atoms with Gasteiger partial charge in [-0.25, -0.2) is 4.39 Å². The van der Waals surface area contributed by atoms with E-state index in [4.69, 9.17) is 0 Å². The number of amides is 2. The van der Waals surface area contributed by atoms with E-state index in [9.17, 15) is 14.0 Å². The molecule has 3 N–H and O–H groups in total. The first-order chi connectivity index (χ1) is 13.1. The number of rotatable bonds is 4. The largest absolute Gasteiger partial charge is 0.355 e. The quantitative estimate of drug-likeness (QED) is 0.656. The Balaban J connectivity index is 1.66. The van der Waals surface area contributed by atoms with Gasteiger partial charge in [-0.05, 0) is 42.5 Å². The topological polar surface area (TPSA) is 70.2 Å². The summed E-state index contributed by atoms with van der Waals surface area (Å²) in [6.07, 6.45) is 0. The van der Waals surface area contributed by atoms with Crippen LogP contribution in [0.1, 0.15) is 26.3 Å². The first kappa shape index (κ1) is 16.8. The van der Waals surface area contributed by atoms with Gasteiger partial charge in [-0.2, -0.15) is 0 Å². The highest BCUT2D eigenvalue weighted by molar-refractivity contribution is 6.11. The standard InChI is InChI=1S/C21H16FN3O2/c22-14-6-4-5-13(11-14)20(26)25-18-10-9-17(16-12-23-21(27)19(16)18)24-15-7-2-1-3-8-15/h1-11,24H,12H2,(H,23,27)(H,25,26). The van der Waals surface area contributed by atoms with Gasteiger partial charge in [0.25, 0.3) is 11.8 Å². The number of benzene rings is 3. The van der Waals surface area contributed by atoms with Gasteiger partial charge in [0.15, 0.2) is 0 Å².